The molecule has 2 aromatic carbocycles. The molecule has 7 heteroatoms. The van der Waals surface area contributed by atoms with Crippen LogP contribution in [-0.2, 0) is 28.6 Å². The number of amides is 1. The molecule has 0 aromatic heterocycles. The Bertz CT molecular complexity index is 803. The standard InChI is InChI=1S/C19H18F3NO3/c1-12-5-2-3-7-14(12)11-16(18(25)26)23-17(24)10-13-6-4-8-15(9-13)19(20,21)22/h2-9,16H,10-11H2,1H3,(H,23,24)(H,25,26)/t16-/m1/s1. The van der Waals surface area contributed by atoms with Crippen LogP contribution in [0, 0.1) is 6.92 Å². The maximum Gasteiger partial charge on any atom is 0.416 e. The number of hydrogen-bond acceptors (Lipinski definition) is 2. The molecule has 1 atom stereocenters. The highest BCUT2D eigenvalue weighted by atomic mass is 19.4. The number of hydrogen-bond donors (Lipinski definition) is 2. The zero-order valence-corrected chi connectivity index (χ0v) is 14.0. The zero-order chi connectivity index (χ0) is 19.3. The lowest BCUT2D eigenvalue weighted by Gasteiger charge is -2.16. The summed E-state index contributed by atoms with van der Waals surface area (Å²) in [6.45, 7) is 1.83. The summed E-state index contributed by atoms with van der Waals surface area (Å²) < 4.78 is 38.2. The van der Waals surface area contributed by atoms with Crippen LogP contribution in [0.5, 0.6) is 0 Å². The molecule has 0 bridgehead atoms. The molecule has 0 saturated heterocycles. The van der Waals surface area contributed by atoms with E-state index in [1.54, 1.807) is 12.1 Å². The third-order valence-corrected chi connectivity index (χ3v) is 3.94. The number of carboxylic acids is 1. The van der Waals surface area contributed by atoms with E-state index < -0.39 is 29.7 Å². The average Bonchev–Trinajstić information content (AvgIpc) is 2.55. The van der Waals surface area contributed by atoms with Crippen LogP contribution < -0.4 is 5.32 Å². The number of nitrogens with one attached hydrogen (secondary N) is 1. The van der Waals surface area contributed by atoms with Crippen molar-refractivity contribution in [1.82, 2.24) is 5.32 Å². The minimum Gasteiger partial charge on any atom is -0.480 e. The molecule has 2 aromatic rings. The molecule has 0 aliphatic heterocycles. The van der Waals surface area contributed by atoms with E-state index in [4.69, 9.17) is 0 Å². The van der Waals surface area contributed by atoms with Crippen molar-refractivity contribution in [2.75, 3.05) is 0 Å². The number of carbonyl (C=O) groups excluding carboxylic acids is 1. The van der Waals surface area contributed by atoms with Crippen molar-refractivity contribution in [2.45, 2.75) is 32.0 Å². The SMILES string of the molecule is Cc1ccccc1C[C@@H](NC(=O)Cc1cccc(C(F)(F)F)c1)C(=O)O. The lowest BCUT2D eigenvalue weighted by molar-refractivity contribution is -0.141. The first-order valence-corrected chi connectivity index (χ1v) is 7.89. The summed E-state index contributed by atoms with van der Waals surface area (Å²) in [4.78, 5) is 23.5. The number of halogens is 3. The molecule has 2 N–H and O–H groups in total. The minimum absolute atomic E-state index is 0.0936. The molecule has 26 heavy (non-hydrogen) atoms. The van der Waals surface area contributed by atoms with Crippen molar-refractivity contribution in [3.63, 3.8) is 0 Å². The normalized spacial score (nSPS) is 12.5. The van der Waals surface area contributed by atoms with Gasteiger partial charge in [-0.25, -0.2) is 4.79 Å². The van der Waals surface area contributed by atoms with Crippen LogP contribution in [0.4, 0.5) is 13.2 Å². The van der Waals surface area contributed by atoms with Gasteiger partial charge in [-0.05, 0) is 29.7 Å². The Balaban J connectivity index is 2.07. The number of rotatable bonds is 6. The first kappa shape index (κ1) is 19.5. The van der Waals surface area contributed by atoms with Crippen LogP contribution in [0.25, 0.3) is 0 Å². The van der Waals surface area contributed by atoms with Crippen LogP contribution >= 0.6 is 0 Å². The van der Waals surface area contributed by atoms with Gasteiger partial charge in [0.2, 0.25) is 5.91 Å². The van der Waals surface area contributed by atoms with Crippen LogP contribution in [0.15, 0.2) is 48.5 Å². The van der Waals surface area contributed by atoms with Gasteiger partial charge >= 0.3 is 12.1 Å². The van der Waals surface area contributed by atoms with Gasteiger partial charge in [-0.3, -0.25) is 4.79 Å². The summed E-state index contributed by atoms with van der Waals surface area (Å²) in [5.41, 5.74) is 0.986. The minimum atomic E-state index is -4.50. The van der Waals surface area contributed by atoms with Gasteiger partial charge in [0, 0.05) is 6.42 Å². The number of alkyl halides is 3. The van der Waals surface area contributed by atoms with Gasteiger partial charge in [0.1, 0.15) is 6.04 Å². The second kappa shape index (κ2) is 8.03. The summed E-state index contributed by atoms with van der Waals surface area (Å²) in [5.74, 6) is -1.85. The Morgan fingerprint density at radius 2 is 1.81 bits per heavy atom. The Morgan fingerprint density at radius 3 is 2.42 bits per heavy atom. The summed E-state index contributed by atoms with van der Waals surface area (Å²) in [6, 6.07) is 10.4. The second-order valence-corrected chi connectivity index (χ2v) is 5.96. The second-order valence-electron chi connectivity index (χ2n) is 5.96. The van der Waals surface area contributed by atoms with E-state index in [2.05, 4.69) is 5.32 Å². The Morgan fingerprint density at radius 1 is 1.12 bits per heavy atom. The molecular formula is C19H18F3NO3. The van der Waals surface area contributed by atoms with Crippen LogP contribution in [0.2, 0.25) is 0 Å². The smallest absolute Gasteiger partial charge is 0.416 e. The van der Waals surface area contributed by atoms with E-state index >= 15 is 0 Å². The maximum atomic E-state index is 12.7. The fraction of sp³-hybridized carbons (Fsp3) is 0.263. The number of aryl methyl sites for hydroxylation is 1. The van der Waals surface area contributed by atoms with Crippen LogP contribution in [-0.4, -0.2) is 23.0 Å². The van der Waals surface area contributed by atoms with Gasteiger partial charge in [0.05, 0.1) is 12.0 Å². The summed E-state index contributed by atoms with van der Waals surface area (Å²) in [7, 11) is 0. The van der Waals surface area contributed by atoms with Gasteiger partial charge in [-0.1, -0.05) is 42.5 Å². The van der Waals surface area contributed by atoms with E-state index in [0.29, 0.717) is 0 Å². The molecule has 0 aliphatic carbocycles. The highest BCUT2D eigenvalue weighted by Crippen LogP contribution is 2.29. The van der Waals surface area contributed by atoms with Crippen molar-refractivity contribution in [3.8, 4) is 0 Å². The van der Waals surface area contributed by atoms with E-state index in [0.717, 1.165) is 23.3 Å². The topological polar surface area (TPSA) is 66.4 Å². The number of carbonyl (C=O) groups is 2. The van der Waals surface area contributed by atoms with E-state index in [9.17, 15) is 27.9 Å². The largest absolute Gasteiger partial charge is 0.480 e. The summed E-state index contributed by atoms with van der Waals surface area (Å²) in [5, 5.41) is 11.7. The van der Waals surface area contributed by atoms with Gasteiger partial charge < -0.3 is 10.4 Å². The Labute approximate surface area is 148 Å². The first-order chi connectivity index (χ1) is 12.2. The van der Waals surface area contributed by atoms with Gasteiger partial charge in [0.25, 0.3) is 0 Å². The van der Waals surface area contributed by atoms with E-state index in [-0.39, 0.29) is 18.4 Å². The molecule has 0 aliphatic rings. The number of carboxylic acid groups (broad SMARTS) is 1. The monoisotopic (exact) mass is 365 g/mol. The first-order valence-electron chi connectivity index (χ1n) is 7.89. The summed E-state index contributed by atoms with van der Waals surface area (Å²) >= 11 is 0. The molecule has 0 radical (unpaired) electrons. The van der Waals surface area contributed by atoms with Crippen molar-refractivity contribution in [3.05, 3.63) is 70.8 Å². The Kier molecular flexibility index (Phi) is 6.02. The molecule has 2 rings (SSSR count). The predicted octanol–water partition coefficient (Wildman–Crippen LogP) is 3.37. The molecule has 0 heterocycles. The molecule has 138 valence electrons. The van der Waals surface area contributed by atoms with Crippen molar-refractivity contribution < 1.29 is 27.9 Å². The molecular weight excluding hydrogens is 347 g/mol. The van der Waals surface area contributed by atoms with E-state index in [1.807, 2.05) is 19.1 Å². The van der Waals surface area contributed by atoms with E-state index in [1.165, 1.54) is 12.1 Å². The fourth-order valence-corrected chi connectivity index (χ4v) is 2.55. The number of benzene rings is 2. The number of aliphatic carboxylic acids is 1. The highest BCUT2D eigenvalue weighted by molar-refractivity contribution is 5.85. The predicted molar refractivity (Wildman–Crippen MR) is 89.6 cm³/mol. The van der Waals surface area contributed by atoms with Crippen molar-refractivity contribution in [2.24, 2.45) is 0 Å². The van der Waals surface area contributed by atoms with Crippen molar-refractivity contribution >= 4 is 11.9 Å². The maximum absolute atomic E-state index is 12.7. The molecule has 1 amide bonds. The Hall–Kier alpha value is -2.83. The quantitative estimate of drug-likeness (QED) is 0.825. The van der Waals surface area contributed by atoms with Crippen LogP contribution in [0.1, 0.15) is 22.3 Å². The van der Waals surface area contributed by atoms with Gasteiger partial charge in [-0.15, -0.1) is 0 Å². The third-order valence-electron chi connectivity index (χ3n) is 3.94. The molecule has 0 unspecified atom stereocenters. The molecule has 0 spiro atoms. The lowest BCUT2D eigenvalue weighted by atomic mass is 10.0. The summed E-state index contributed by atoms with van der Waals surface area (Å²) in [6.07, 6.45) is -4.74. The zero-order valence-electron chi connectivity index (χ0n) is 14.0. The molecule has 4 nitrogen and oxygen atoms in total. The third kappa shape index (κ3) is 5.34. The average molecular weight is 365 g/mol. The lowest BCUT2D eigenvalue weighted by Crippen LogP contribution is -2.43. The van der Waals surface area contributed by atoms with Gasteiger partial charge in [0.15, 0.2) is 0 Å². The molecule has 0 saturated carbocycles. The van der Waals surface area contributed by atoms with Gasteiger partial charge in [-0.2, -0.15) is 13.2 Å². The van der Waals surface area contributed by atoms with Crippen LogP contribution in [0.3, 0.4) is 0 Å². The molecule has 0 fully saturated rings. The highest BCUT2D eigenvalue weighted by Gasteiger charge is 2.30. The fourth-order valence-electron chi connectivity index (χ4n) is 2.55. The van der Waals surface area contributed by atoms with Crippen molar-refractivity contribution in [1.29, 1.82) is 0 Å².